The Balaban J connectivity index is 0. The maximum Gasteiger partial charge on any atom is 0.135 e. The molecule has 0 aliphatic carbocycles. The first-order chi connectivity index (χ1) is 5.86. The lowest BCUT2D eigenvalue weighted by Gasteiger charge is -2.22. The van der Waals surface area contributed by atoms with Gasteiger partial charge in [0.15, 0.2) is 0 Å². The Labute approximate surface area is 83.3 Å². The second kappa shape index (κ2) is 7.07. The van der Waals surface area contributed by atoms with Gasteiger partial charge in [-0.3, -0.25) is 4.79 Å². The Kier molecular flexibility index (Phi) is 8.23. The van der Waals surface area contributed by atoms with Crippen molar-refractivity contribution in [2.45, 2.75) is 41.0 Å². The molecule has 0 spiro atoms. The summed E-state index contributed by atoms with van der Waals surface area (Å²) in [5.74, 6) is 0.277. The normalized spacial score (nSPS) is 10.8. The predicted octanol–water partition coefficient (Wildman–Crippen LogP) is 2.58. The van der Waals surface area contributed by atoms with Crippen LogP contribution in [0.1, 0.15) is 41.0 Å². The van der Waals surface area contributed by atoms with Crippen LogP contribution in [0.2, 0.25) is 0 Å². The lowest BCUT2D eigenvalue weighted by Crippen LogP contribution is -2.27. The van der Waals surface area contributed by atoms with Crippen molar-refractivity contribution in [1.29, 1.82) is 0 Å². The third-order valence-corrected chi connectivity index (χ3v) is 2.14. The summed E-state index contributed by atoms with van der Waals surface area (Å²) in [6.45, 7) is 10.6. The number of hydrogen-bond acceptors (Lipinski definition) is 2. The Hall–Kier alpha value is -0.370. The van der Waals surface area contributed by atoms with E-state index in [0.29, 0.717) is 0 Å². The van der Waals surface area contributed by atoms with Crippen LogP contribution < -0.4 is 0 Å². The van der Waals surface area contributed by atoms with Crippen LogP contribution in [0.5, 0.6) is 0 Å². The van der Waals surface area contributed by atoms with Gasteiger partial charge in [-0.25, -0.2) is 0 Å². The first-order valence-electron chi connectivity index (χ1n) is 5.02. The smallest absolute Gasteiger partial charge is 0.135 e. The van der Waals surface area contributed by atoms with Crippen molar-refractivity contribution < 1.29 is 4.79 Å². The summed E-state index contributed by atoms with van der Waals surface area (Å²) < 4.78 is 0. The average molecular weight is 187 g/mol. The number of Topliss-reactive ketones (excluding diaryl/α,β-unsaturated/α-hetero) is 1. The lowest BCUT2D eigenvalue weighted by atomic mass is 9.85. The molecule has 0 heterocycles. The van der Waals surface area contributed by atoms with E-state index in [2.05, 4.69) is 4.90 Å². The quantitative estimate of drug-likeness (QED) is 0.674. The average Bonchev–Trinajstić information content (AvgIpc) is 2.05. The molecule has 0 saturated carbocycles. The molecular formula is C11H25NO. The SMILES string of the molecule is CC.CC(=O)C(C)(C)CCN(C)C. The van der Waals surface area contributed by atoms with Crippen LogP contribution in [0.3, 0.4) is 0 Å². The monoisotopic (exact) mass is 187 g/mol. The van der Waals surface area contributed by atoms with Crippen LogP contribution in [0.25, 0.3) is 0 Å². The summed E-state index contributed by atoms with van der Waals surface area (Å²) in [6.07, 6.45) is 0.940. The van der Waals surface area contributed by atoms with E-state index in [9.17, 15) is 4.79 Å². The van der Waals surface area contributed by atoms with E-state index in [1.807, 2.05) is 41.8 Å². The first kappa shape index (κ1) is 15.1. The number of ketones is 1. The van der Waals surface area contributed by atoms with Crippen molar-refractivity contribution in [2.24, 2.45) is 5.41 Å². The highest BCUT2D eigenvalue weighted by molar-refractivity contribution is 5.81. The third-order valence-electron chi connectivity index (χ3n) is 2.14. The molecule has 0 atom stereocenters. The minimum atomic E-state index is -0.149. The molecule has 0 aliphatic heterocycles. The van der Waals surface area contributed by atoms with E-state index in [-0.39, 0.29) is 11.2 Å². The topological polar surface area (TPSA) is 20.3 Å². The fraction of sp³-hybridized carbons (Fsp3) is 0.909. The Morgan fingerprint density at radius 3 is 1.85 bits per heavy atom. The minimum Gasteiger partial charge on any atom is -0.309 e. The molecule has 0 radical (unpaired) electrons. The van der Waals surface area contributed by atoms with Crippen molar-refractivity contribution in [1.82, 2.24) is 4.90 Å². The van der Waals surface area contributed by atoms with E-state index in [4.69, 9.17) is 0 Å². The van der Waals surface area contributed by atoms with Gasteiger partial charge >= 0.3 is 0 Å². The molecule has 0 bridgehead atoms. The Morgan fingerprint density at radius 2 is 1.62 bits per heavy atom. The van der Waals surface area contributed by atoms with E-state index < -0.39 is 0 Å². The fourth-order valence-corrected chi connectivity index (χ4v) is 0.679. The number of carbonyl (C=O) groups excluding carboxylic acids is 1. The highest BCUT2D eigenvalue weighted by atomic mass is 16.1. The highest BCUT2D eigenvalue weighted by Gasteiger charge is 2.22. The van der Waals surface area contributed by atoms with Crippen LogP contribution in [0.4, 0.5) is 0 Å². The van der Waals surface area contributed by atoms with E-state index in [1.54, 1.807) is 6.92 Å². The third kappa shape index (κ3) is 7.97. The van der Waals surface area contributed by atoms with Gasteiger partial charge in [-0.15, -0.1) is 0 Å². The number of rotatable bonds is 4. The Bertz CT molecular complexity index is 139. The van der Waals surface area contributed by atoms with Gasteiger partial charge in [0.05, 0.1) is 0 Å². The molecule has 13 heavy (non-hydrogen) atoms. The number of hydrogen-bond donors (Lipinski definition) is 0. The standard InChI is InChI=1S/C9H19NO.C2H6/c1-8(11)9(2,3)6-7-10(4)5;1-2/h6-7H2,1-5H3;1-2H3. The second-order valence-electron chi connectivity index (χ2n) is 3.99. The van der Waals surface area contributed by atoms with Crippen molar-refractivity contribution in [3.05, 3.63) is 0 Å². The molecule has 0 aromatic carbocycles. The summed E-state index contributed by atoms with van der Waals surface area (Å²) in [6, 6.07) is 0. The van der Waals surface area contributed by atoms with Crippen molar-refractivity contribution in [2.75, 3.05) is 20.6 Å². The second-order valence-corrected chi connectivity index (χ2v) is 3.99. The van der Waals surface area contributed by atoms with Gasteiger partial charge in [0.1, 0.15) is 5.78 Å². The van der Waals surface area contributed by atoms with Crippen molar-refractivity contribution in [3.63, 3.8) is 0 Å². The minimum absolute atomic E-state index is 0.149. The molecule has 0 fully saturated rings. The van der Waals surface area contributed by atoms with E-state index >= 15 is 0 Å². The van der Waals surface area contributed by atoms with Gasteiger partial charge < -0.3 is 4.90 Å². The molecule has 0 rings (SSSR count). The van der Waals surface area contributed by atoms with Crippen LogP contribution in [-0.4, -0.2) is 31.3 Å². The molecule has 0 aromatic rings. The van der Waals surface area contributed by atoms with Gasteiger partial charge in [0, 0.05) is 5.41 Å². The predicted molar refractivity (Wildman–Crippen MR) is 59.0 cm³/mol. The zero-order chi connectivity index (χ0) is 11.1. The van der Waals surface area contributed by atoms with E-state index in [0.717, 1.165) is 13.0 Å². The summed E-state index contributed by atoms with van der Waals surface area (Å²) >= 11 is 0. The van der Waals surface area contributed by atoms with Gasteiger partial charge in [0.2, 0.25) is 0 Å². The van der Waals surface area contributed by atoms with Crippen LogP contribution in [0, 0.1) is 5.41 Å². The Morgan fingerprint density at radius 1 is 1.23 bits per heavy atom. The molecule has 2 heteroatoms. The van der Waals surface area contributed by atoms with E-state index in [1.165, 1.54) is 0 Å². The van der Waals surface area contributed by atoms with Crippen LogP contribution in [-0.2, 0) is 4.79 Å². The summed E-state index contributed by atoms with van der Waals surface area (Å²) in [5, 5.41) is 0. The van der Waals surface area contributed by atoms with Crippen molar-refractivity contribution in [3.8, 4) is 0 Å². The summed E-state index contributed by atoms with van der Waals surface area (Å²) in [7, 11) is 4.05. The van der Waals surface area contributed by atoms with Crippen molar-refractivity contribution >= 4 is 5.78 Å². The zero-order valence-electron chi connectivity index (χ0n) is 10.3. The summed E-state index contributed by atoms with van der Waals surface area (Å²) in [4.78, 5) is 13.2. The molecule has 0 N–H and O–H groups in total. The molecule has 0 aromatic heterocycles. The molecule has 0 saturated heterocycles. The molecule has 0 amide bonds. The summed E-state index contributed by atoms with van der Waals surface area (Å²) in [5.41, 5.74) is -0.149. The first-order valence-corrected chi connectivity index (χ1v) is 5.02. The van der Waals surface area contributed by atoms with Crippen LogP contribution >= 0.6 is 0 Å². The number of carbonyl (C=O) groups is 1. The highest BCUT2D eigenvalue weighted by Crippen LogP contribution is 2.20. The largest absolute Gasteiger partial charge is 0.309 e. The fourth-order valence-electron chi connectivity index (χ4n) is 0.679. The molecule has 80 valence electrons. The zero-order valence-corrected chi connectivity index (χ0v) is 10.3. The maximum atomic E-state index is 11.1. The molecule has 0 aliphatic rings. The lowest BCUT2D eigenvalue weighted by molar-refractivity contribution is -0.125. The van der Waals surface area contributed by atoms with Gasteiger partial charge in [-0.1, -0.05) is 27.7 Å². The van der Waals surface area contributed by atoms with Gasteiger partial charge in [-0.05, 0) is 34.0 Å². The maximum absolute atomic E-state index is 11.1. The molecule has 0 unspecified atom stereocenters. The van der Waals surface area contributed by atoms with Gasteiger partial charge in [-0.2, -0.15) is 0 Å². The van der Waals surface area contributed by atoms with Crippen LogP contribution in [0.15, 0.2) is 0 Å². The molecular weight excluding hydrogens is 162 g/mol. The number of nitrogens with zero attached hydrogens (tertiary/aromatic N) is 1. The van der Waals surface area contributed by atoms with Gasteiger partial charge in [0.25, 0.3) is 0 Å². The molecule has 2 nitrogen and oxygen atoms in total.